The van der Waals surface area contributed by atoms with Crippen molar-refractivity contribution >= 4 is 22.0 Å². The number of aliphatic hydroxyl groups excluding tert-OH is 1. The summed E-state index contributed by atoms with van der Waals surface area (Å²) in [6.45, 7) is 1.73. The Hall–Kier alpha value is -5.78. The van der Waals surface area contributed by atoms with Crippen molar-refractivity contribution in [1.29, 1.82) is 0 Å². The predicted octanol–water partition coefficient (Wildman–Crippen LogP) is 0.531. The Labute approximate surface area is 414 Å². The summed E-state index contributed by atoms with van der Waals surface area (Å²) in [5.41, 5.74) is 10.7. The van der Waals surface area contributed by atoms with Crippen LogP contribution in [0.3, 0.4) is 0 Å². The van der Waals surface area contributed by atoms with Crippen LogP contribution in [0, 0.1) is 13.3 Å². The maximum Gasteiger partial charge on any atom is 0.196 e. The quantitative estimate of drug-likeness (QED) is 0.0936. The van der Waals surface area contributed by atoms with Gasteiger partial charge in [0, 0.05) is 58.6 Å². The Morgan fingerprint density at radius 2 is 1.26 bits per heavy atom. The Morgan fingerprint density at radius 3 is 1.85 bits per heavy atom. The van der Waals surface area contributed by atoms with Gasteiger partial charge in [0.2, 0.25) is 0 Å². The molecule has 3 aromatic rings. The fourth-order valence-corrected chi connectivity index (χ4v) is 15.1. The minimum atomic E-state index is -5.17. The number of nitrogens with two attached hydrogens (primary N) is 1. The molecule has 2 saturated heterocycles. The molecule has 20 heteroatoms. The number of carbonyl (C=O) groups is 2. The number of likely N-dealkylation sites (tertiary alicyclic amines) is 1. The summed E-state index contributed by atoms with van der Waals surface area (Å²) in [6.07, 6.45) is 13.8. The van der Waals surface area contributed by atoms with Gasteiger partial charge in [-0.15, -0.1) is 0 Å². The number of aromatic hydroxyl groups is 3. The van der Waals surface area contributed by atoms with Gasteiger partial charge in [-0.1, -0.05) is 30.4 Å². The summed E-state index contributed by atoms with van der Waals surface area (Å²) in [5.74, 6) is 1.26. The van der Waals surface area contributed by atoms with Crippen LogP contribution in [0.15, 0.2) is 84.0 Å². The highest BCUT2D eigenvalue weighted by Gasteiger charge is 2.73. The molecule has 382 valence electrons. The molecule has 19 nitrogen and oxygen atoms in total. The first-order chi connectivity index (χ1) is 33.2. The molecule has 1 saturated carbocycles. The minimum Gasteiger partial charge on any atom is -0.759 e. The molecule has 0 amide bonds. The van der Waals surface area contributed by atoms with Crippen LogP contribution in [-0.2, 0) is 55.5 Å². The van der Waals surface area contributed by atoms with E-state index in [-0.39, 0.29) is 77.8 Å². The molecular formula is C52H56N3O16S-. The number of carbonyl (C=O) groups excluding carboxylic acids is 2. The number of nitrogens with one attached hydrogen (secondary N) is 1. The first-order valence-electron chi connectivity index (χ1n) is 23.6. The first-order valence-corrected chi connectivity index (χ1v) is 24.9. The average molecular weight is 1010 g/mol. The number of phenolic OH excluding ortho intramolecular Hbond substituents is 3. The molecule has 72 heavy (non-hydrogen) atoms. The Kier molecular flexibility index (Phi) is 11.3. The van der Waals surface area contributed by atoms with E-state index in [1.807, 2.05) is 24.3 Å². The fourth-order valence-electron chi connectivity index (χ4n) is 15.1. The molecular weight excluding hydrogens is 955 g/mol. The molecule has 3 fully saturated rings. The van der Waals surface area contributed by atoms with Gasteiger partial charge >= 0.3 is 0 Å². The monoisotopic (exact) mass is 1010 g/mol. The van der Waals surface area contributed by atoms with Gasteiger partial charge in [0.15, 0.2) is 58.3 Å². The molecule has 0 aromatic heterocycles. The van der Waals surface area contributed by atoms with Gasteiger partial charge in [-0.3, -0.25) is 22.9 Å². The van der Waals surface area contributed by atoms with Gasteiger partial charge in [-0.05, 0) is 135 Å². The Balaban J connectivity index is 0.000000117. The topological polar surface area (TPSA) is 336 Å². The zero-order valence-electron chi connectivity index (χ0n) is 39.3. The van der Waals surface area contributed by atoms with Crippen LogP contribution in [-0.4, -0.2) is 144 Å². The zero-order chi connectivity index (χ0) is 49.2. The minimum absolute atomic E-state index is 0. The number of aliphatic hydroxyl groups is 3. The lowest BCUT2D eigenvalue weighted by atomic mass is 9.46. The molecule has 6 bridgehead atoms. The number of allylic oxidation sites excluding steroid dienone is 2. The number of ether oxygens (including phenoxy) is 3. The van der Waals surface area contributed by atoms with Crippen molar-refractivity contribution in [3.63, 3.8) is 0 Å². The van der Waals surface area contributed by atoms with E-state index in [1.54, 1.807) is 30.4 Å². The van der Waals surface area contributed by atoms with Gasteiger partial charge in [-0.25, -0.2) is 0 Å². The molecule has 3 spiro atoms. The van der Waals surface area contributed by atoms with E-state index in [1.165, 1.54) is 28.9 Å². The standard InChI is InChI=1S/C18H19NO3.C17H17NO4.C16H15NO4.CH3.H2O4S.H2O/c1-19-7-6-18-12-4-2-11(9-20)17(18)22-16-14(21)5-3-10(15(16)18)8-13(12)19;18-10-3-5-16-13-8-1-2-11(19)14(13)22-15(16)12(20)4-6-17(16,21)9(10)7-8;18-9-2-1-8-7-11-16(20)4-3-10(19)14-15(16,5-6-17-11)12(8)13(9)21-14;;1-5(2,3)4;/h2-5,13,17,20-21H,6-9H2,1H3;1-2,4,6,9-10,15,19,21H,3,5,7,18H2;1-4,11,14,17-18,20H,5-7H2;1H3;(H2,1,2,3,4);1H2/q;;;+1;;/p-2/t13-,17?,18+;9?,10?,15?,16-,17+;11-,14?,15+,16-;;;/m101.../s1. The van der Waals surface area contributed by atoms with Gasteiger partial charge in [-0.2, -0.15) is 0 Å². The SMILES string of the molecule is CN1CC[C@@]23C4=CC=C(CO)C2Oc2c(O)ccc(c23)C[C@H]41.NC1CC[C@]23c4c5ccc(O)c4OC2C(=O)C=C[C@@]3(O)C1C5.O.O=C1C=C[C@@]2(O)[C@H]3Cc4ccc(O)c5c4[C@@]2(CCN3)C1O5.O=S(=O)([O-])[O-].[CH3+]. The van der Waals surface area contributed by atoms with Crippen molar-refractivity contribution in [3.05, 3.63) is 125 Å². The second-order valence-electron chi connectivity index (χ2n) is 20.7. The van der Waals surface area contributed by atoms with Crippen LogP contribution in [0.2, 0.25) is 0 Å². The smallest absolute Gasteiger partial charge is 0.196 e. The largest absolute Gasteiger partial charge is 0.759 e. The van der Waals surface area contributed by atoms with E-state index in [0.29, 0.717) is 49.0 Å². The van der Waals surface area contributed by atoms with Crippen molar-refractivity contribution < 1.29 is 77.4 Å². The number of nitrogens with zero attached hydrogens (tertiary/aromatic N) is 1. The second-order valence-corrected chi connectivity index (χ2v) is 21.5. The average Bonchev–Trinajstić information content (AvgIpc) is 3.98. The van der Waals surface area contributed by atoms with Crippen molar-refractivity contribution in [2.24, 2.45) is 11.7 Å². The Bertz CT molecular complexity index is 3090. The highest BCUT2D eigenvalue weighted by molar-refractivity contribution is 7.79. The zero-order valence-corrected chi connectivity index (χ0v) is 40.1. The molecule has 11 N–H and O–H groups in total. The number of benzene rings is 3. The van der Waals surface area contributed by atoms with E-state index >= 15 is 0 Å². The Morgan fingerprint density at radius 1 is 0.750 bits per heavy atom. The number of rotatable bonds is 1. The molecule has 5 unspecified atom stereocenters. The van der Waals surface area contributed by atoms with Crippen LogP contribution in [0.1, 0.15) is 59.1 Å². The summed E-state index contributed by atoms with van der Waals surface area (Å²) in [5, 5.41) is 66.6. The number of piperidine rings is 2. The van der Waals surface area contributed by atoms with Gasteiger partial charge in [0.25, 0.3) is 0 Å². The first kappa shape index (κ1) is 49.8. The number of phenols is 3. The van der Waals surface area contributed by atoms with E-state index in [0.717, 1.165) is 60.2 Å². The lowest BCUT2D eigenvalue weighted by Crippen LogP contribution is -2.74. The number of likely N-dealkylation sites (N-methyl/N-ethyl adjacent to an activating group) is 1. The predicted molar refractivity (Wildman–Crippen MR) is 254 cm³/mol. The van der Waals surface area contributed by atoms with Crippen molar-refractivity contribution in [2.45, 2.75) is 109 Å². The van der Waals surface area contributed by atoms with Crippen LogP contribution >= 0.6 is 0 Å². The van der Waals surface area contributed by atoms with Gasteiger partial charge in [0.05, 0.1) is 22.9 Å². The van der Waals surface area contributed by atoms with E-state index in [9.17, 15) is 40.2 Å². The van der Waals surface area contributed by atoms with E-state index in [4.69, 9.17) is 37.5 Å². The molecule has 3 aromatic carbocycles. The lowest BCUT2D eigenvalue weighted by Gasteiger charge is -2.59. The third kappa shape index (κ3) is 6.22. The fraction of sp³-hybridized carbons (Fsp3) is 0.442. The molecule has 12 aliphatic rings. The summed E-state index contributed by atoms with van der Waals surface area (Å²) in [7, 11) is -2.99. The highest BCUT2D eigenvalue weighted by Crippen LogP contribution is 2.67. The third-order valence-corrected chi connectivity index (χ3v) is 17.9. The molecule has 15 rings (SSSR count). The molecule has 12 atom stereocenters. The highest BCUT2D eigenvalue weighted by atomic mass is 32.3. The van der Waals surface area contributed by atoms with Crippen molar-refractivity contribution in [3.8, 4) is 34.5 Å². The number of ketones is 2. The van der Waals surface area contributed by atoms with Crippen LogP contribution in [0.25, 0.3) is 0 Å². The van der Waals surface area contributed by atoms with Crippen molar-refractivity contribution in [2.75, 3.05) is 26.7 Å². The summed E-state index contributed by atoms with van der Waals surface area (Å²) < 4.78 is 52.0. The van der Waals surface area contributed by atoms with E-state index in [2.05, 4.69) is 23.3 Å². The molecule has 5 aliphatic heterocycles. The third-order valence-electron chi connectivity index (χ3n) is 17.9. The summed E-state index contributed by atoms with van der Waals surface area (Å²) >= 11 is 0. The van der Waals surface area contributed by atoms with Crippen molar-refractivity contribution in [1.82, 2.24) is 10.2 Å². The molecule has 0 radical (unpaired) electrons. The number of hydrogen-bond acceptors (Lipinski definition) is 18. The molecule has 5 heterocycles. The molecule has 7 aliphatic carbocycles. The van der Waals surface area contributed by atoms with Crippen LogP contribution < -0.4 is 25.3 Å². The van der Waals surface area contributed by atoms with Gasteiger partial charge in [0.1, 0.15) is 17.3 Å². The van der Waals surface area contributed by atoms with Gasteiger partial charge < -0.3 is 70.5 Å². The van der Waals surface area contributed by atoms with E-state index < -0.39 is 44.6 Å². The maximum absolute atomic E-state index is 12.4. The van der Waals surface area contributed by atoms with Crippen LogP contribution in [0.5, 0.6) is 34.5 Å². The second kappa shape index (κ2) is 16.4. The maximum atomic E-state index is 12.4. The number of hydrogen-bond donors (Lipinski definition) is 8. The van der Waals surface area contributed by atoms with Crippen LogP contribution in [0.4, 0.5) is 0 Å². The lowest BCUT2D eigenvalue weighted by molar-refractivity contribution is -0.147. The summed E-state index contributed by atoms with van der Waals surface area (Å²) in [4.78, 5) is 27.2. The normalized spacial score (nSPS) is 36.9. The summed E-state index contributed by atoms with van der Waals surface area (Å²) in [6, 6.07) is 10.9.